The molecule has 0 aliphatic rings. The predicted octanol–water partition coefficient (Wildman–Crippen LogP) is 2.46. The van der Waals surface area contributed by atoms with Crippen molar-refractivity contribution in [2.75, 3.05) is 37.2 Å². The van der Waals surface area contributed by atoms with Gasteiger partial charge in [-0.2, -0.15) is 0 Å². The van der Waals surface area contributed by atoms with Crippen molar-refractivity contribution in [3.63, 3.8) is 0 Å². The number of nitrogen functional groups attached to an aromatic ring is 1. The predicted molar refractivity (Wildman–Crippen MR) is 74.6 cm³/mol. The van der Waals surface area contributed by atoms with Crippen LogP contribution in [0.25, 0.3) is 0 Å². The smallest absolute Gasteiger partial charge is 0.150 e. The molecule has 1 aromatic rings. The second kappa shape index (κ2) is 7.35. The van der Waals surface area contributed by atoms with Crippen molar-refractivity contribution in [2.24, 2.45) is 0 Å². The molecule has 0 aliphatic heterocycles. The molecule has 0 unspecified atom stereocenters. The van der Waals surface area contributed by atoms with Crippen LogP contribution < -0.4 is 11.1 Å². The van der Waals surface area contributed by atoms with Gasteiger partial charge in [0.25, 0.3) is 0 Å². The number of halogens is 1. The molecular formula is C12H21ClN4. The Kier molecular flexibility index (Phi) is 6.08. The molecule has 1 aromatic heterocycles. The van der Waals surface area contributed by atoms with Gasteiger partial charge in [0, 0.05) is 6.54 Å². The number of rotatable bonds is 7. The zero-order valence-electron chi connectivity index (χ0n) is 10.5. The van der Waals surface area contributed by atoms with Gasteiger partial charge in [-0.25, -0.2) is 4.98 Å². The first-order valence-corrected chi connectivity index (χ1v) is 6.43. The molecule has 3 N–H and O–H groups in total. The fraction of sp³-hybridized carbons (Fsp3) is 0.583. The van der Waals surface area contributed by atoms with Crippen molar-refractivity contribution in [1.82, 2.24) is 9.88 Å². The van der Waals surface area contributed by atoms with Gasteiger partial charge >= 0.3 is 0 Å². The molecule has 0 saturated carbocycles. The highest BCUT2D eigenvalue weighted by Gasteiger charge is 2.02. The van der Waals surface area contributed by atoms with Gasteiger partial charge in [-0.15, -0.1) is 0 Å². The molecule has 0 aromatic carbocycles. The fourth-order valence-electron chi connectivity index (χ4n) is 1.64. The molecule has 5 heteroatoms. The molecule has 0 fully saturated rings. The third kappa shape index (κ3) is 4.79. The van der Waals surface area contributed by atoms with Crippen LogP contribution in [-0.4, -0.2) is 36.1 Å². The van der Waals surface area contributed by atoms with Gasteiger partial charge < -0.3 is 16.0 Å². The monoisotopic (exact) mass is 256 g/mol. The van der Waals surface area contributed by atoms with Crippen molar-refractivity contribution in [1.29, 1.82) is 0 Å². The van der Waals surface area contributed by atoms with E-state index in [0.29, 0.717) is 16.7 Å². The molecule has 0 amide bonds. The van der Waals surface area contributed by atoms with E-state index < -0.39 is 0 Å². The molecule has 0 spiro atoms. The molecule has 1 rings (SSSR count). The van der Waals surface area contributed by atoms with Gasteiger partial charge in [-0.1, -0.05) is 25.4 Å². The first-order valence-electron chi connectivity index (χ1n) is 6.05. The van der Waals surface area contributed by atoms with Crippen LogP contribution in [0.3, 0.4) is 0 Å². The Hall–Kier alpha value is -1.00. The molecule has 17 heavy (non-hydrogen) atoms. The average Bonchev–Trinajstić information content (AvgIpc) is 2.33. The van der Waals surface area contributed by atoms with Crippen LogP contribution in [0.4, 0.5) is 11.5 Å². The number of hydrogen-bond acceptors (Lipinski definition) is 4. The lowest BCUT2D eigenvalue weighted by Crippen LogP contribution is -2.25. The van der Waals surface area contributed by atoms with Gasteiger partial charge in [0.05, 0.1) is 5.69 Å². The molecule has 0 saturated heterocycles. The van der Waals surface area contributed by atoms with Crippen LogP contribution >= 0.6 is 11.6 Å². The van der Waals surface area contributed by atoms with Gasteiger partial charge in [-0.05, 0) is 38.2 Å². The molecule has 1 heterocycles. The third-order valence-corrected chi connectivity index (χ3v) is 2.94. The molecule has 4 nitrogen and oxygen atoms in total. The average molecular weight is 257 g/mol. The summed E-state index contributed by atoms with van der Waals surface area (Å²) in [4.78, 5) is 6.53. The number of nitrogens with one attached hydrogen (secondary N) is 1. The summed E-state index contributed by atoms with van der Waals surface area (Å²) in [7, 11) is 0. The Labute approximate surface area is 108 Å². The lowest BCUT2D eigenvalue weighted by atomic mass is 10.3. The first-order chi connectivity index (χ1) is 8.17. The van der Waals surface area contributed by atoms with E-state index >= 15 is 0 Å². The minimum atomic E-state index is 0.463. The van der Waals surface area contributed by atoms with Crippen LogP contribution in [0.15, 0.2) is 12.1 Å². The van der Waals surface area contributed by atoms with E-state index in [-0.39, 0.29) is 0 Å². The Morgan fingerprint density at radius 3 is 2.71 bits per heavy atom. The fourth-order valence-corrected chi connectivity index (χ4v) is 1.78. The normalized spacial score (nSPS) is 10.8. The van der Waals surface area contributed by atoms with Gasteiger partial charge in [0.1, 0.15) is 5.15 Å². The Morgan fingerprint density at radius 1 is 1.35 bits per heavy atom. The van der Waals surface area contributed by atoms with Crippen LogP contribution in [-0.2, 0) is 0 Å². The van der Waals surface area contributed by atoms with E-state index in [4.69, 9.17) is 17.3 Å². The Bertz CT molecular complexity index is 339. The molecule has 0 aliphatic carbocycles. The maximum Gasteiger partial charge on any atom is 0.150 e. The summed E-state index contributed by atoms with van der Waals surface area (Å²) in [6, 6.07) is 3.46. The number of anilines is 2. The van der Waals surface area contributed by atoms with E-state index in [1.165, 1.54) is 0 Å². The van der Waals surface area contributed by atoms with Crippen LogP contribution in [0.5, 0.6) is 0 Å². The molecule has 0 radical (unpaired) electrons. The minimum absolute atomic E-state index is 0.463. The highest BCUT2D eigenvalue weighted by Crippen LogP contribution is 2.17. The Balaban J connectivity index is 2.33. The number of nitrogens with two attached hydrogens (primary N) is 1. The topological polar surface area (TPSA) is 54.2 Å². The summed E-state index contributed by atoms with van der Waals surface area (Å²) in [6.45, 7) is 8.47. The molecule has 96 valence electrons. The van der Waals surface area contributed by atoms with Crippen molar-refractivity contribution in [2.45, 2.75) is 20.3 Å². The summed E-state index contributed by atoms with van der Waals surface area (Å²) < 4.78 is 0. The SMILES string of the molecule is CCN(CC)CCCNc1nc(Cl)ccc1N. The quantitative estimate of drug-likeness (QED) is 0.581. The molecular weight excluding hydrogens is 236 g/mol. The molecule has 0 bridgehead atoms. The number of hydrogen-bond donors (Lipinski definition) is 2. The standard InChI is InChI=1S/C12H21ClN4/c1-3-17(4-2)9-5-8-15-12-10(14)6-7-11(13)16-12/h6-7H,3-5,8-9,14H2,1-2H3,(H,15,16). The van der Waals surface area contributed by atoms with Crippen molar-refractivity contribution in [3.05, 3.63) is 17.3 Å². The lowest BCUT2D eigenvalue weighted by Gasteiger charge is -2.18. The number of pyridine rings is 1. The zero-order valence-corrected chi connectivity index (χ0v) is 11.3. The summed E-state index contributed by atoms with van der Waals surface area (Å²) in [5.41, 5.74) is 6.43. The van der Waals surface area contributed by atoms with Gasteiger partial charge in [-0.3, -0.25) is 0 Å². The number of aromatic nitrogens is 1. The van der Waals surface area contributed by atoms with E-state index in [0.717, 1.165) is 32.6 Å². The Morgan fingerprint density at radius 2 is 2.06 bits per heavy atom. The number of nitrogens with zero attached hydrogens (tertiary/aromatic N) is 2. The largest absolute Gasteiger partial charge is 0.396 e. The summed E-state index contributed by atoms with van der Waals surface area (Å²) in [5, 5.41) is 3.67. The highest BCUT2D eigenvalue weighted by molar-refractivity contribution is 6.29. The first kappa shape index (κ1) is 14.1. The summed E-state index contributed by atoms with van der Waals surface area (Å²) in [5.74, 6) is 0.678. The van der Waals surface area contributed by atoms with E-state index in [2.05, 4.69) is 29.0 Å². The van der Waals surface area contributed by atoms with Crippen molar-refractivity contribution >= 4 is 23.1 Å². The molecule has 0 atom stereocenters. The van der Waals surface area contributed by atoms with Crippen LogP contribution in [0, 0.1) is 0 Å². The van der Waals surface area contributed by atoms with E-state index in [9.17, 15) is 0 Å². The second-order valence-electron chi connectivity index (χ2n) is 3.88. The van der Waals surface area contributed by atoms with Crippen LogP contribution in [0.1, 0.15) is 20.3 Å². The summed E-state index contributed by atoms with van der Waals surface area (Å²) in [6.07, 6.45) is 1.06. The lowest BCUT2D eigenvalue weighted by molar-refractivity contribution is 0.303. The highest BCUT2D eigenvalue weighted by atomic mass is 35.5. The third-order valence-electron chi connectivity index (χ3n) is 2.73. The van der Waals surface area contributed by atoms with E-state index in [1.807, 2.05) is 0 Å². The summed E-state index contributed by atoms with van der Waals surface area (Å²) >= 11 is 5.81. The van der Waals surface area contributed by atoms with Crippen molar-refractivity contribution < 1.29 is 0 Å². The van der Waals surface area contributed by atoms with Crippen LogP contribution in [0.2, 0.25) is 5.15 Å². The minimum Gasteiger partial charge on any atom is -0.396 e. The van der Waals surface area contributed by atoms with Crippen molar-refractivity contribution in [3.8, 4) is 0 Å². The maximum absolute atomic E-state index is 5.81. The second-order valence-corrected chi connectivity index (χ2v) is 4.27. The van der Waals surface area contributed by atoms with Gasteiger partial charge in [0.15, 0.2) is 5.82 Å². The zero-order chi connectivity index (χ0) is 12.7. The maximum atomic E-state index is 5.81. The van der Waals surface area contributed by atoms with Gasteiger partial charge in [0.2, 0.25) is 0 Å². The van der Waals surface area contributed by atoms with E-state index in [1.54, 1.807) is 12.1 Å².